The summed E-state index contributed by atoms with van der Waals surface area (Å²) in [6.45, 7) is 0. The van der Waals surface area contributed by atoms with E-state index in [0.717, 1.165) is 20.2 Å². The summed E-state index contributed by atoms with van der Waals surface area (Å²) in [6.07, 6.45) is 0. The summed E-state index contributed by atoms with van der Waals surface area (Å²) >= 11 is 2.22. The highest BCUT2D eigenvalue weighted by molar-refractivity contribution is 14.1. The van der Waals surface area contributed by atoms with Crippen molar-refractivity contribution >= 4 is 50.8 Å². The zero-order valence-corrected chi connectivity index (χ0v) is 12.6. The molecule has 0 unspecified atom stereocenters. The molecule has 1 aromatic heterocycles. The second kappa shape index (κ2) is 5.16. The Morgan fingerprint density at radius 3 is 2.60 bits per heavy atom. The predicted molar refractivity (Wildman–Crippen MR) is 89.8 cm³/mol. The van der Waals surface area contributed by atoms with Crippen molar-refractivity contribution in [2.75, 3.05) is 11.1 Å². The Bertz CT molecular complexity index is 777. The second-order valence-corrected chi connectivity index (χ2v) is 5.70. The molecule has 3 rings (SSSR count). The molecular weight excluding hydrogens is 365 g/mol. The maximum atomic E-state index is 12.2. The van der Waals surface area contributed by atoms with Crippen LogP contribution in [0.5, 0.6) is 0 Å². The largest absolute Gasteiger partial charge is 0.397 e. The van der Waals surface area contributed by atoms with Gasteiger partial charge in [-0.1, -0.05) is 12.1 Å². The molecule has 4 nitrogen and oxygen atoms in total. The summed E-state index contributed by atoms with van der Waals surface area (Å²) in [5, 5.41) is 3.78. The lowest BCUT2D eigenvalue weighted by molar-refractivity contribution is 0.102. The van der Waals surface area contributed by atoms with Gasteiger partial charge in [-0.05, 0) is 59.0 Å². The van der Waals surface area contributed by atoms with Crippen LogP contribution in [0.2, 0.25) is 0 Å². The van der Waals surface area contributed by atoms with Gasteiger partial charge in [0.2, 0.25) is 0 Å². The monoisotopic (exact) mass is 377 g/mol. The Hall–Kier alpha value is -2.02. The normalized spacial score (nSPS) is 10.7. The van der Waals surface area contributed by atoms with E-state index in [0.29, 0.717) is 11.4 Å². The molecule has 2 aromatic carbocycles. The van der Waals surface area contributed by atoms with Crippen LogP contribution in [-0.4, -0.2) is 10.9 Å². The maximum absolute atomic E-state index is 12.2. The third-order valence-corrected chi connectivity index (χ3v) is 3.75. The van der Waals surface area contributed by atoms with Gasteiger partial charge in [0.25, 0.3) is 5.91 Å². The first kappa shape index (κ1) is 13.0. The van der Waals surface area contributed by atoms with E-state index in [1.807, 2.05) is 36.4 Å². The Morgan fingerprint density at radius 1 is 1.15 bits per heavy atom. The van der Waals surface area contributed by atoms with E-state index in [2.05, 4.69) is 32.9 Å². The molecule has 20 heavy (non-hydrogen) atoms. The fourth-order valence-corrected chi connectivity index (χ4v) is 2.39. The molecule has 4 N–H and O–H groups in total. The lowest BCUT2D eigenvalue weighted by Gasteiger charge is -2.03. The van der Waals surface area contributed by atoms with Crippen molar-refractivity contribution in [2.45, 2.75) is 0 Å². The summed E-state index contributed by atoms with van der Waals surface area (Å²) in [5.74, 6) is -0.179. The number of carbonyl (C=O) groups is 1. The number of aromatic amines is 1. The SMILES string of the molecule is Nc1cccc2cc(C(=O)Nc3ccc(I)cc3)[nH]c12. The molecule has 0 radical (unpaired) electrons. The molecule has 0 fully saturated rings. The standard InChI is InChI=1S/C15H12IN3O/c16-10-4-6-11(7-5-10)18-15(20)13-8-9-2-1-3-12(17)14(9)19-13/h1-8,19H,17H2,(H,18,20). The fourth-order valence-electron chi connectivity index (χ4n) is 2.03. The van der Waals surface area contributed by atoms with E-state index in [4.69, 9.17) is 5.73 Å². The molecule has 0 saturated heterocycles. The predicted octanol–water partition coefficient (Wildman–Crippen LogP) is 3.61. The number of nitrogens with two attached hydrogens (primary N) is 1. The number of hydrogen-bond donors (Lipinski definition) is 3. The molecule has 0 spiro atoms. The van der Waals surface area contributed by atoms with Crippen molar-refractivity contribution in [1.29, 1.82) is 0 Å². The van der Waals surface area contributed by atoms with E-state index in [9.17, 15) is 4.79 Å². The molecule has 0 bridgehead atoms. The average Bonchev–Trinajstić information content (AvgIpc) is 2.87. The highest BCUT2D eigenvalue weighted by Crippen LogP contribution is 2.21. The van der Waals surface area contributed by atoms with E-state index in [-0.39, 0.29) is 5.91 Å². The Kier molecular flexibility index (Phi) is 3.35. The van der Waals surface area contributed by atoms with Gasteiger partial charge in [0.1, 0.15) is 5.69 Å². The molecule has 0 aliphatic carbocycles. The zero-order valence-electron chi connectivity index (χ0n) is 10.5. The number of nitrogen functional groups attached to an aromatic ring is 1. The van der Waals surface area contributed by atoms with Crippen LogP contribution in [-0.2, 0) is 0 Å². The van der Waals surface area contributed by atoms with Crippen molar-refractivity contribution in [3.8, 4) is 0 Å². The Balaban J connectivity index is 1.89. The van der Waals surface area contributed by atoms with Crippen molar-refractivity contribution in [2.24, 2.45) is 0 Å². The van der Waals surface area contributed by atoms with Gasteiger partial charge in [0.05, 0.1) is 11.2 Å². The first-order chi connectivity index (χ1) is 9.63. The van der Waals surface area contributed by atoms with Crippen LogP contribution in [0.25, 0.3) is 10.9 Å². The Labute approximate surface area is 129 Å². The molecule has 0 aliphatic rings. The molecule has 1 amide bonds. The van der Waals surface area contributed by atoms with E-state index in [1.54, 1.807) is 12.1 Å². The third kappa shape index (κ3) is 2.49. The molecular formula is C15H12IN3O. The van der Waals surface area contributed by atoms with Crippen molar-refractivity contribution in [1.82, 2.24) is 4.98 Å². The highest BCUT2D eigenvalue weighted by atomic mass is 127. The van der Waals surface area contributed by atoms with Crippen LogP contribution < -0.4 is 11.1 Å². The topological polar surface area (TPSA) is 70.9 Å². The summed E-state index contributed by atoms with van der Waals surface area (Å²) in [7, 11) is 0. The number of benzene rings is 2. The zero-order chi connectivity index (χ0) is 14.1. The number of H-pyrrole nitrogens is 1. The summed E-state index contributed by atoms with van der Waals surface area (Å²) in [4.78, 5) is 15.3. The number of para-hydroxylation sites is 1. The smallest absolute Gasteiger partial charge is 0.272 e. The van der Waals surface area contributed by atoms with Crippen LogP contribution in [0.15, 0.2) is 48.5 Å². The second-order valence-electron chi connectivity index (χ2n) is 4.46. The number of anilines is 2. The van der Waals surface area contributed by atoms with Gasteiger partial charge >= 0.3 is 0 Å². The minimum atomic E-state index is -0.179. The first-order valence-electron chi connectivity index (χ1n) is 6.07. The summed E-state index contributed by atoms with van der Waals surface area (Å²) in [6, 6.07) is 15.0. The van der Waals surface area contributed by atoms with Gasteiger partial charge in [-0.3, -0.25) is 4.79 Å². The number of aromatic nitrogens is 1. The number of amides is 1. The summed E-state index contributed by atoms with van der Waals surface area (Å²) in [5.41, 5.74) is 8.56. The lowest BCUT2D eigenvalue weighted by atomic mass is 10.2. The number of nitrogens with one attached hydrogen (secondary N) is 2. The van der Waals surface area contributed by atoms with Crippen molar-refractivity contribution in [3.63, 3.8) is 0 Å². The van der Waals surface area contributed by atoms with Crippen LogP contribution in [0.1, 0.15) is 10.5 Å². The van der Waals surface area contributed by atoms with E-state index < -0.39 is 0 Å². The van der Waals surface area contributed by atoms with Gasteiger partial charge in [0, 0.05) is 14.6 Å². The molecule has 0 atom stereocenters. The van der Waals surface area contributed by atoms with Gasteiger partial charge in [-0.2, -0.15) is 0 Å². The molecule has 3 aromatic rings. The average molecular weight is 377 g/mol. The van der Waals surface area contributed by atoms with Crippen LogP contribution in [0, 0.1) is 3.57 Å². The number of halogens is 1. The third-order valence-electron chi connectivity index (χ3n) is 3.04. The molecule has 0 aliphatic heterocycles. The maximum Gasteiger partial charge on any atom is 0.272 e. The van der Waals surface area contributed by atoms with E-state index in [1.165, 1.54) is 0 Å². The van der Waals surface area contributed by atoms with Crippen molar-refractivity contribution in [3.05, 3.63) is 57.8 Å². The Morgan fingerprint density at radius 2 is 1.90 bits per heavy atom. The number of rotatable bonds is 2. The minimum absolute atomic E-state index is 0.179. The summed E-state index contributed by atoms with van der Waals surface area (Å²) < 4.78 is 1.12. The first-order valence-corrected chi connectivity index (χ1v) is 7.15. The number of fused-ring (bicyclic) bond motifs is 1. The van der Waals surface area contributed by atoms with Gasteiger partial charge in [0.15, 0.2) is 0 Å². The minimum Gasteiger partial charge on any atom is -0.397 e. The van der Waals surface area contributed by atoms with Crippen LogP contribution in [0.3, 0.4) is 0 Å². The molecule has 1 heterocycles. The van der Waals surface area contributed by atoms with Gasteiger partial charge in [-0.15, -0.1) is 0 Å². The molecule has 0 saturated carbocycles. The van der Waals surface area contributed by atoms with Gasteiger partial charge < -0.3 is 16.0 Å². The number of hydrogen-bond acceptors (Lipinski definition) is 2. The van der Waals surface area contributed by atoms with Crippen LogP contribution >= 0.6 is 22.6 Å². The highest BCUT2D eigenvalue weighted by Gasteiger charge is 2.10. The van der Waals surface area contributed by atoms with Crippen molar-refractivity contribution < 1.29 is 4.79 Å². The van der Waals surface area contributed by atoms with Crippen LogP contribution in [0.4, 0.5) is 11.4 Å². The molecule has 100 valence electrons. The number of carbonyl (C=O) groups excluding carboxylic acids is 1. The van der Waals surface area contributed by atoms with E-state index >= 15 is 0 Å². The lowest BCUT2D eigenvalue weighted by Crippen LogP contribution is -2.12. The fraction of sp³-hybridized carbons (Fsp3) is 0. The quantitative estimate of drug-likeness (QED) is 0.472. The molecule has 5 heteroatoms. The van der Waals surface area contributed by atoms with Gasteiger partial charge in [-0.25, -0.2) is 0 Å².